The molecule has 104 valence electrons. The van der Waals surface area contributed by atoms with Gasteiger partial charge in [0.1, 0.15) is 11.6 Å². The van der Waals surface area contributed by atoms with E-state index in [1.54, 1.807) is 6.07 Å². The molecule has 0 amide bonds. The van der Waals surface area contributed by atoms with E-state index in [4.69, 9.17) is 11.6 Å². The topological polar surface area (TPSA) is 17.1 Å². The minimum absolute atomic E-state index is 0.0569. The lowest BCUT2D eigenvalue weighted by atomic mass is 9.99. The van der Waals surface area contributed by atoms with Gasteiger partial charge in [0.25, 0.3) is 0 Å². The van der Waals surface area contributed by atoms with Gasteiger partial charge in [-0.3, -0.25) is 4.79 Å². The first-order chi connectivity index (χ1) is 9.45. The molecule has 0 aliphatic heterocycles. The molecule has 0 atom stereocenters. The molecule has 1 nitrogen and oxygen atoms in total. The number of benzene rings is 2. The fourth-order valence-corrected chi connectivity index (χ4v) is 2.28. The van der Waals surface area contributed by atoms with E-state index >= 15 is 0 Å². The molecule has 0 saturated heterocycles. The molecule has 0 bridgehead atoms. The van der Waals surface area contributed by atoms with Crippen LogP contribution in [0.4, 0.5) is 4.39 Å². The van der Waals surface area contributed by atoms with E-state index in [-0.39, 0.29) is 17.2 Å². The Morgan fingerprint density at radius 3 is 2.20 bits per heavy atom. The minimum Gasteiger partial charge on any atom is -0.299 e. The van der Waals surface area contributed by atoms with Crippen LogP contribution in [0.25, 0.3) is 0 Å². The lowest BCUT2D eigenvalue weighted by Crippen LogP contribution is -2.07. The molecular weight excluding hydrogens is 275 g/mol. The normalized spacial score (nSPS) is 10.6. The number of ketones is 1. The molecule has 0 aliphatic rings. The Balaban J connectivity index is 2.04. The summed E-state index contributed by atoms with van der Waals surface area (Å²) in [6, 6.07) is 10.4. The zero-order valence-electron chi connectivity index (χ0n) is 11.5. The van der Waals surface area contributed by atoms with Crippen molar-refractivity contribution in [2.75, 3.05) is 0 Å². The number of aryl methyl sites for hydroxylation is 2. The molecule has 2 aromatic rings. The lowest BCUT2D eigenvalue weighted by Gasteiger charge is -2.06. The summed E-state index contributed by atoms with van der Waals surface area (Å²) in [5.41, 5.74) is 4.14. The van der Waals surface area contributed by atoms with Gasteiger partial charge < -0.3 is 0 Å². The van der Waals surface area contributed by atoms with E-state index < -0.39 is 5.82 Å². The van der Waals surface area contributed by atoms with E-state index in [0.29, 0.717) is 6.42 Å². The molecule has 0 radical (unpaired) electrons. The van der Waals surface area contributed by atoms with Crippen LogP contribution in [0.1, 0.15) is 22.3 Å². The summed E-state index contributed by atoms with van der Waals surface area (Å²) in [6.45, 7) is 4.07. The van der Waals surface area contributed by atoms with Crippen molar-refractivity contribution in [1.82, 2.24) is 0 Å². The van der Waals surface area contributed by atoms with Gasteiger partial charge in [0, 0.05) is 12.8 Å². The minimum atomic E-state index is -0.461. The number of hydrogen-bond donors (Lipinski definition) is 0. The highest BCUT2D eigenvalue weighted by atomic mass is 35.5. The molecule has 2 aromatic carbocycles. The third kappa shape index (κ3) is 3.67. The number of halogens is 2. The Hall–Kier alpha value is -1.67. The van der Waals surface area contributed by atoms with Crippen LogP contribution in [0.2, 0.25) is 5.02 Å². The standard InChI is InChI=1S/C17H16ClFO/c1-11-3-4-13(7-12(11)2)8-15(20)9-14-5-6-17(19)16(18)10-14/h3-7,10H,8-9H2,1-2H3. The van der Waals surface area contributed by atoms with Gasteiger partial charge >= 0.3 is 0 Å². The molecule has 0 aliphatic carbocycles. The van der Waals surface area contributed by atoms with Gasteiger partial charge in [-0.05, 0) is 48.2 Å². The average molecular weight is 291 g/mol. The van der Waals surface area contributed by atoms with E-state index in [0.717, 1.165) is 11.1 Å². The lowest BCUT2D eigenvalue weighted by molar-refractivity contribution is -0.117. The van der Waals surface area contributed by atoms with Gasteiger partial charge in [-0.2, -0.15) is 0 Å². The van der Waals surface area contributed by atoms with Crippen LogP contribution in [0.15, 0.2) is 36.4 Å². The average Bonchev–Trinajstić information content (AvgIpc) is 2.38. The summed E-state index contributed by atoms with van der Waals surface area (Å²) >= 11 is 5.71. The first-order valence-corrected chi connectivity index (χ1v) is 6.85. The molecule has 0 spiro atoms. The van der Waals surface area contributed by atoms with Crippen LogP contribution in [0, 0.1) is 19.7 Å². The highest BCUT2D eigenvalue weighted by Gasteiger charge is 2.08. The second kappa shape index (κ2) is 6.19. The largest absolute Gasteiger partial charge is 0.299 e. The van der Waals surface area contributed by atoms with Crippen molar-refractivity contribution in [2.24, 2.45) is 0 Å². The zero-order valence-corrected chi connectivity index (χ0v) is 12.3. The van der Waals surface area contributed by atoms with Gasteiger partial charge in [0.15, 0.2) is 0 Å². The Bertz CT molecular complexity index is 594. The molecule has 3 heteroatoms. The molecule has 20 heavy (non-hydrogen) atoms. The highest BCUT2D eigenvalue weighted by molar-refractivity contribution is 6.30. The number of carbonyl (C=O) groups excluding carboxylic acids is 1. The van der Waals surface area contributed by atoms with Crippen molar-refractivity contribution in [3.05, 3.63) is 69.5 Å². The smallest absolute Gasteiger partial charge is 0.141 e. The van der Waals surface area contributed by atoms with Gasteiger partial charge in [-0.25, -0.2) is 4.39 Å². The van der Waals surface area contributed by atoms with Crippen LogP contribution in [-0.2, 0) is 17.6 Å². The van der Waals surface area contributed by atoms with Crippen molar-refractivity contribution in [3.63, 3.8) is 0 Å². The second-order valence-electron chi connectivity index (χ2n) is 5.06. The van der Waals surface area contributed by atoms with Gasteiger partial charge in [0.05, 0.1) is 5.02 Å². The molecule has 0 fully saturated rings. The van der Waals surface area contributed by atoms with E-state index in [9.17, 15) is 9.18 Å². The van der Waals surface area contributed by atoms with Crippen molar-refractivity contribution in [3.8, 4) is 0 Å². The monoisotopic (exact) mass is 290 g/mol. The molecule has 0 heterocycles. The number of hydrogen-bond acceptors (Lipinski definition) is 1. The van der Waals surface area contributed by atoms with Crippen molar-refractivity contribution < 1.29 is 9.18 Å². The zero-order chi connectivity index (χ0) is 14.7. The molecule has 0 saturated carbocycles. The quantitative estimate of drug-likeness (QED) is 0.813. The molecular formula is C17H16ClFO. The maximum Gasteiger partial charge on any atom is 0.141 e. The Morgan fingerprint density at radius 2 is 1.60 bits per heavy atom. The van der Waals surface area contributed by atoms with Gasteiger partial charge in [-0.15, -0.1) is 0 Å². The third-order valence-electron chi connectivity index (χ3n) is 3.36. The second-order valence-corrected chi connectivity index (χ2v) is 5.47. The van der Waals surface area contributed by atoms with Gasteiger partial charge in [0.2, 0.25) is 0 Å². The fourth-order valence-electron chi connectivity index (χ4n) is 2.08. The van der Waals surface area contributed by atoms with Crippen LogP contribution in [0.3, 0.4) is 0 Å². The number of carbonyl (C=O) groups is 1. The molecule has 2 rings (SSSR count). The van der Waals surface area contributed by atoms with Crippen molar-refractivity contribution in [1.29, 1.82) is 0 Å². The van der Waals surface area contributed by atoms with Gasteiger partial charge in [-0.1, -0.05) is 35.9 Å². The molecule has 0 aromatic heterocycles. The summed E-state index contributed by atoms with van der Waals surface area (Å²) in [7, 11) is 0. The summed E-state index contributed by atoms with van der Waals surface area (Å²) in [6.07, 6.45) is 0.656. The summed E-state index contributed by atoms with van der Waals surface area (Å²) in [4.78, 5) is 12.0. The highest BCUT2D eigenvalue weighted by Crippen LogP contribution is 2.17. The van der Waals surface area contributed by atoms with Crippen LogP contribution in [0.5, 0.6) is 0 Å². The Morgan fingerprint density at radius 1 is 1.00 bits per heavy atom. The van der Waals surface area contributed by atoms with Crippen LogP contribution < -0.4 is 0 Å². The Labute approximate surface area is 123 Å². The first kappa shape index (κ1) is 14.7. The SMILES string of the molecule is Cc1ccc(CC(=O)Cc2ccc(F)c(Cl)c2)cc1C. The van der Waals surface area contributed by atoms with E-state index in [1.165, 1.54) is 23.3 Å². The van der Waals surface area contributed by atoms with Crippen LogP contribution in [-0.4, -0.2) is 5.78 Å². The Kier molecular flexibility index (Phi) is 4.56. The van der Waals surface area contributed by atoms with E-state index in [2.05, 4.69) is 0 Å². The fraction of sp³-hybridized carbons (Fsp3) is 0.235. The summed E-state index contributed by atoms with van der Waals surface area (Å²) in [5, 5.41) is 0.0569. The predicted octanol–water partition coefficient (Wildman–Crippen LogP) is 4.45. The maximum atomic E-state index is 13.0. The third-order valence-corrected chi connectivity index (χ3v) is 3.65. The number of Topliss-reactive ketones (excluding diaryl/α,β-unsaturated/α-hetero) is 1. The summed E-state index contributed by atoms with van der Waals surface area (Å²) in [5.74, 6) is -0.368. The predicted molar refractivity (Wildman–Crippen MR) is 79.7 cm³/mol. The molecule has 0 N–H and O–H groups in total. The molecule has 0 unspecified atom stereocenters. The van der Waals surface area contributed by atoms with Crippen LogP contribution >= 0.6 is 11.6 Å². The van der Waals surface area contributed by atoms with Crippen molar-refractivity contribution >= 4 is 17.4 Å². The maximum absolute atomic E-state index is 13.0. The van der Waals surface area contributed by atoms with Crippen molar-refractivity contribution in [2.45, 2.75) is 26.7 Å². The first-order valence-electron chi connectivity index (χ1n) is 6.47. The van der Waals surface area contributed by atoms with E-state index in [1.807, 2.05) is 32.0 Å². The number of rotatable bonds is 4. The summed E-state index contributed by atoms with van der Waals surface area (Å²) < 4.78 is 13.0.